The molecule has 0 nitrogen and oxygen atoms in total. The molecule has 0 fully saturated rings. The molecule has 1 heteroatoms. The molecule has 0 spiro atoms. The minimum Gasteiger partial charge on any atom is -0.0845 e. The molecule has 1 unspecified atom stereocenters. The van der Waals surface area contributed by atoms with Gasteiger partial charge in [0.1, 0.15) is 0 Å². The van der Waals surface area contributed by atoms with Crippen LogP contribution in [0.15, 0.2) is 6.08 Å². The Balaban J connectivity index is 2.98. The van der Waals surface area contributed by atoms with Crippen molar-refractivity contribution in [3.05, 3.63) is 12.7 Å². The van der Waals surface area contributed by atoms with Gasteiger partial charge in [-0.2, -0.15) is 0 Å². The molecular formula is C7H12Br. The zero-order valence-electron chi connectivity index (χ0n) is 5.23. The first kappa shape index (κ1) is 8.22. The number of alkyl halides is 1. The van der Waals surface area contributed by atoms with Crippen LogP contribution in [0.4, 0.5) is 0 Å². The Morgan fingerprint density at radius 3 is 2.75 bits per heavy atom. The fraction of sp³-hybridized carbons (Fsp3) is 0.714. The molecule has 8 heavy (non-hydrogen) atoms. The van der Waals surface area contributed by atoms with Gasteiger partial charge in [-0.3, -0.25) is 0 Å². The molecule has 0 aliphatic rings. The number of allylic oxidation sites excluding steroid dienone is 1. The normalized spacial score (nSPS) is 13.2. The molecule has 0 saturated carbocycles. The molecule has 0 N–H and O–H groups in total. The van der Waals surface area contributed by atoms with Crippen molar-refractivity contribution >= 4 is 15.9 Å². The van der Waals surface area contributed by atoms with E-state index in [1.165, 1.54) is 12.8 Å². The number of hydrogen-bond donors (Lipinski definition) is 0. The van der Waals surface area contributed by atoms with Crippen LogP contribution in [-0.4, -0.2) is 4.83 Å². The Hall–Kier alpha value is 0.220. The van der Waals surface area contributed by atoms with E-state index in [0.717, 1.165) is 6.42 Å². The second kappa shape index (κ2) is 5.36. The largest absolute Gasteiger partial charge is 0.0845 e. The van der Waals surface area contributed by atoms with E-state index in [2.05, 4.69) is 22.9 Å². The zero-order valence-corrected chi connectivity index (χ0v) is 6.82. The molecule has 0 amide bonds. The van der Waals surface area contributed by atoms with Crippen LogP contribution in [-0.2, 0) is 0 Å². The summed E-state index contributed by atoms with van der Waals surface area (Å²) in [6, 6.07) is 0. The number of unbranched alkanes of at least 4 members (excludes halogenated alkanes) is 1. The molecule has 0 bridgehead atoms. The first-order valence-electron chi connectivity index (χ1n) is 3.00. The second-order valence-corrected chi connectivity index (χ2v) is 3.03. The van der Waals surface area contributed by atoms with Crippen molar-refractivity contribution in [2.45, 2.75) is 31.0 Å². The molecule has 47 valence electrons. The maximum absolute atomic E-state index is 5.24. The van der Waals surface area contributed by atoms with E-state index in [9.17, 15) is 0 Å². The molecule has 0 aromatic heterocycles. The average Bonchev–Trinajstić information content (AvgIpc) is 1.83. The van der Waals surface area contributed by atoms with Crippen molar-refractivity contribution in [2.24, 2.45) is 0 Å². The predicted octanol–water partition coefficient (Wildman–Crippen LogP) is 2.93. The molecule has 0 rings (SSSR count). The first-order valence-corrected chi connectivity index (χ1v) is 3.92. The molecule has 1 atom stereocenters. The van der Waals surface area contributed by atoms with Gasteiger partial charge in [-0.15, -0.1) is 0 Å². The van der Waals surface area contributed by atoms with Gasteiger partial charge in [-0.05, 0) is 6.42 Å². The first-order chi connectivity index (χ1) is 3.81. The Labute approximate surface area is 60.1 Å². The Morgan fingerprint density at radius 2 is 2.38 bits per heavy atom. The molecular weight excluding hydrogens is 164 g/mol. The maximum atomic E-state index is 5.24. The molecule has 1 radical (unpaired) electrons. The van der Waals surface area contributed by atoms with E-state index in [0.29, 0.717) is 4.83 Å². The van der Waals surface area contributed by atoms with Gasteiger partial charge >= 0.3 is 0 Å². The van der Waals surface area contributed by atoms with E-state index in [-0.39, 0.29) is 0 Å². The maximum Gasteiger partial charge on any atom is 0.0328 e. The van der Waals surface area contributed by atoms with Crippen LogP contribution in [0, 0.1) is 6.58 Å². The lowest BCUT2D eigenvalue weighted by Crippen LogP contribution is -1.89. The van der Waals surface area contributed by atoms with E-state index in [1.807, 2.05) is 0 Å². The summed E-state index contributed by atoms with van der Waals surface area (Å²) in [6.07, 6.45) is 5.35. The average molecular weight is 176 g/mol. The lowest BCUT2D eigenvalue weighted by atomic mass is 10.2. The van der Waals surface area contributed by atoms with Crippen LogP contribution in [0.5, 0.6) is 0 Å². The molecule has 0 heterocycles. The highest BCUT2D eigenvalue weighted by atomic mass is 79.9. The monoisotopic (exact) mass is 175 g/mol. The van der Waals surface area contributed by atoms with Gasteiger partial charge in [-0.25, -0.2) is 0 Å². The van der Waals surface area contributed by atoms with Gasteiger partial charge in [0.25, 0.3) is 0 Å². The van der Waals surface area contributed by atoms with Gasteiger partial charge in [0.15, 0.2) is 0 Å². The number of rotatable bonds is 4. The third kappa shape index (κ3) is 4.38. The molecule has 0 aliphatic heterocycles. The number of halogens is 1. The highest BCUT2D eigenvalue weighted by Crippen LogP contribution is 2.09. The summed E-state index contributed by atoms with van der Waals surface area (Å²) in [5.74, 6) is 0. The second-order valence-electron chi connectivity index (χ2n) is 1.85. The van der Waals surface area contributed by atoms with Gasteiger partial charge < -0.3 is 0 Å². The molecule has 0 aliphatic carbocycles. The topological polar surface area (TPSA) is 0 Å². The summed E-state index contributed by atoms with van der Waals surface area (Å²) >= 11 is 3.40. The van der Waals surface area contributed by atoms with Gasteiger partial charge in [-0.1, -0.05) is 48.4 Å². The number of hydrogen-bond acceptors (Lipinski definition) is 0. The molecule has 0 aromatic carbocycles. The fourth-order valence-electron chi connectivity index (χ4n) is 0.495. The minimum atomic E-state index is 0.419. The minimum absolute atomic E-state index is 0.419. The van der Waals surface area contributed by atoms with E-state index >= 15 is 0 Å². The van der Waals surface area contributed by atoms with Crippen LogP contribution in [0.25, 0.3) is 0 Å². The standard InChI is InChI=1S/C7H12Br/c1-3-5-6-7(8)4-2/h2,4,7H,3,5-6H2,1H3. The van der Waals surface area contributed by atoms with Crippen molar-refractivity contribution in [1.29, 1.82) is 0 Å². The SMILES string of the molecule is [CH]=CC(Br)CCCC. The Kier molecular flexibility index (Phi) is 5.51. The summed E-state index contributed by atoms with van der Waals surface area (Å²) in [4.78, 5) is 0.419. The zero-order chi connectivity index (χ0) is 6.41. The van der Waals surface area contributed by atoms with Crippen molar-refractivity contribution in [2.75, 3.05) is 0 Å². The molecule has 0 saturated heterocycles. The fourth-order valence-corrected chi connectivity index (χ4v) is 0.819. The third-order valence-electron chi connectivity index (χ3n) is 1.04. The van der Waals surface area contributed by atoms with Crippen molar-refractivity contribution in [3.63, 3.8) is 0 Å². The Morgan fingerprint density at radius 1 is 1.75 bits per heavy atom. The van der Waals surface area contributed by atoms with Crippen molar-refractivity contribution < 1.29 is 0 Å². The third-order valence-corrected chi connectivity index (χ3v) is 1.81. The summed E-state index contributed by atoms with van der Waals surface area (Å²) in [7, 11) is 0. The lowest BCUT2D eigenvalue weighted by Gasteiger charge is -1.98. The van der Waals surface area contributed by atoms with Crippen LogP contribution in [0.1, 0.15) is 26.2 Å². The Bertz CT molecular complexity index is 59.4. The van der Waals surface area contributed by atoms with Crippen LogP contribution >= 0.6 is 15.9 Å². The van der Waals surface area contributed by atoms with Crippen LogP contribution in [0.2, 0.25) is 0 Å². The van der Waals surface area contributed by atoms with E-state index in [4.69, 9.17) is 6.58 Å². The summed E-state index contributed by atoms with van der Waals surface area (Å²) in [6.45, 7) is 7.42. The van der Waals surface area contributed by atoms with Gasteiger partial charge in [0, 0.05) is 4.83 Å². The summed E-state index contributed by atoms with van der Waals surface area (Å²) in [5, 5.41) is 0. The summed E-state index contributed by atoms with van der Waals surface area (Å²) in [5.41, 5.74) is 0. The smallest absolute Gasteiger partial charge is 0.0328 e. The van der Waals surface area contributed by atoms with Crippen molar-refractivity contribution in [3.8, 4) is 0 Å². The lowest BCUT2D eigenvalue weighted by molar-refractivity contribution is 0.743. The van der Waals surface area contributed by atoms with E-state index < -0.39 is 0 Å². The van der Waals surface area contributed by atoms with E-state index in [1.54, 1.807) is 6.08 Å². The predicted molar refractivity (Wildman–Crippen MR) is 41.1 cm³/mol. The van der Waals surface area contributed by atoms with Crippen molar-refractivity contribution in [1.82, 2.24) is 0 Å². The highest BCUT2D eigenvalue weighted by Gasteiger charge is 1.93. The van der Waals surface area contributed by atoms with Gasteiger partial charge in [0.2, 0.25) is 0 Å². The van der Waals surface area contributed by atoms with Gasteiger partial charge in [0.05, 0.1) is 0 Å². The quantitative estimate of drug-likeness (QED) is 0.577. The molecule has 0 aromatic rings. The van der Waals surface area contributed by atoms with Crippen LogP contribution < -0.4 is 0 Å². The summed E-state index contributed by atoms with van der Waals surface area (Å²) < 4.78 is 0. The highest BCUT2D eigenvalue weighted by molar-refractivity contribution is 9.09. The van der Waals surface area contributed by atoms with Crippen LogP contribution in [0.3, 0.4) is 0 Å².